The molecule has 1 amide bonds. The number of aliphatic imine (C=N–C) groups is 1. The molecule has 8 nitrogen and oxygen atoms in total. The van der Waals surface area contributed by atoms with E-state index < -0.39 is 43.7 Å². The van der Waals surface area contributed by atoms with Crippen molar-refractivity contribution < 1.29 is 22.0 Å². The fourth-order valence-corrected chi connectivity index (χ4v) is 4.88. The van der Waals surface area contributed by atoms with E-state index in [9.17, 15) is 22.0 Å². The van der Waals surface area contributed by atoms with E-state index in [1.807, 2.05) is 6.07 Å². The second-order valence-corrected chi connectivity index (χ2v) is 9.88. The van der Waals surface area contributed by atoms with E-state index in [0.717, 1.165) is 13.0 Å². The van der Waals surface area contributed by atoms with E-state index in [2.05, 4.69) is 15.3 Å². The number of aromatic nitrogens is 1. The standard InChI is InChI=1S/C20H19F2N5O3S/c1-11-6-12(8-23)9-25-16(11)17(28)26-13-4-5-15(21)14(7-13)19(2)10-31(29,30)20(3,22)18(24)27-19/h4-7,9H,10H2,1-3H3,(H2,24,27)(H,26,28)/t19-,20+/m0/s1. The van der Waals surface area contributed by atoms with Crippen LogP contribution in [0.15, 0.2) is 35.5 Å². The Labute approximate surface area is 177 Å². The number of carbonyl (C=O) groups excluding carboxylic acids is 1. The minimum absolute atomic E-state index is 0.0618. The third-order valence-corrected chi connectivity index (χ3v) is 7.43. The lowest BCUT2D eigenvalue weighted by Crippen LogP contribution is -2.54. The Bertz CT molecular complexity index is 1270. The number of nitriles is 1. The largest absolute Gasteiger partial charge is 0.384 e. The molecule has 2 atom stereocenters. The summed E-state index contributed by atoms with van der Waals surface area (Å²) in [6.45, 7) is 3.72. The lowest BCUT2D eigenvalue weighted by Gasteiger charge is -2.35. The molecule has 3 rings (SSSR count). The maximum atomic E-state index is 14.6. The number of anilines is 1. The smallest absolute Gasteiger partial charge is 0.274 e. The lowest BCUT2D eigenvalue weighted by atomic mass is 9.93. The molecule has 1 aliphatic heterocycles. The van der Waals surface area contributed by atoms with Crippen LogP contribution in [-0.4, -0.2) is 35.9 Å². The summed E-state index contributed by atoms with van der Waals surface area (Å²) in [6, 6.07) is 6.96. The zero-order chi connectivity index (χ0) is 23.2. The fraction of sp³-hybridized carbons (Fsp3) is 0.300. The first-order valence-corrected chi connectivity index (χ1v) is 10.7. The number of benzene rings is 1. The number of carbonyl (C=O) groups is 1. The molecule has 162 valence electrons. The maximum absolute atomic E-state index is 14.6. The molecule has 0 spiro atoms. The van der Waals surface area contributed by atoms with Crippen LogP contribution in [0.3, 0.4) is 0 Å². The van der Waals surface area contributed by atoms with Crippen LogP contribution in [0.5, 0.6) is 0 Å². The van der Waals surface area contributed by atoms with Crippen LogP contribution in [0.1, 0.15) is 41.0 Å². The van der Waals surface area contributed by atoms with Gasteiger partial charge in [0.15, 0.2) is 9.84 Å². The molecule has 1 aliphatic rings. The summed E-state index contributed by atoms with van der Waals surface area (Å²) in [5.74, 6) is -2.98. The van der Waals surface area contributed by atoms with Crippen LogP contribution < -0.4 is 11.1 Å². The highest BCUT2D eigenvalue weighted by Gasteiger charge is 2.53. The summed E-state index contributed by atoms with van der Waals surface area (Å²) >= 11 is 0. The van der Waals surface area contributed by atoms with Crippen LogP contribution >= 0.6 is 0 Å². The van der Waals surface area contributed by atoms with E-state index in [1.165, 1.54) is 31.3 Å². The second-order valence-electron chi connectivity index (χ2n) is 7.60. The molecule has 0 saturated heterocycles. The van der Waals surface area contributed by atoms with Gasteiger partial charge in [-0.05, 0) is 50.6 Å². The molecule has 1 aromatic carbocycles. The quantitative estimate of drug-likeness (QED) is 0.741. The van der Waals surface area contributed by atoms with Gasteiger partial charge in [-0.15, -0.1) is 0 Å². The summed E-state index contributed by atoms with van der Waals surface area (Å²) in [5, 5.41) is 8.61. The molecular weight excluding hydrogens is 428 g/mol. The molecule has 0 unspecified atom stereocenters. The Morgan fingerprint density at radius 2 is 2.00 bits per heavy atom. The van der Waals surface area contributed by atoms with Crippen molar-refractivity contribution in [3.63, 3.8) is 0 Å². The molecule has 11 heteroatoms. The van der Waals surface area contributed by atoms with Gasteiger partial charge in [-0.3, -0.25) is 9.79 Å². The third-order valence-electron chi connectivity index (χ3n) is 5.11. The predicted molar refractivity (Wildman–Crippen MR) is 110 cm³/mol. The summed E-state index contributed by atoms with van der Waals surface area (Å²) < 4.78 is 53.9. The Morgan fingerprint density at radius 1 is 1.32 bits per heavy atom. The average Bonchev–Trinajstić information content (AvgIpc) is 2.67. The van der Waals surface area contributed by atoms with E-state index in [0.29, 0.717) is 11.1 Å². The van der Waals surface area contributed by atoms with Crippen LogP contribution in [0.4, 0.5) is 14.5 Å². The van der Waals surface area contributed by atoms with Crippen molar-refractivity contribution >= 4 is 27.3 Å². The van der Waals surface area contributed by atoms with Crippen molar-refractivity contribution in [2.45, 2.75) is 31.3 Å². The van der Waals surface area contributed by atoms with Gasteiger partial charge in [0.25, 0.3) is 10.9 Å². The molecule has 0 saturated carbocycles. The van der Waals surface area contributed by atoms with Crippen molar-refractivity contribution in [2.75, 3.05) is 11.1 Å². The first-order chi connectivity index (χ1) is 14.3. The highest BCUT2D eigenvalue weighted by molar-refractivity contribution is 7.93. The number of nitrogens with zero attached hydrogens (tertiary/aromatic N) is 3. The minimum atomic E-state index is -4.39. The number of alkyl halides is 1. The zero-order valence-electron chi connectivity index (χ0n) is 16.9. The van der Waals surface area contributed by atoms with E-state index in [-0.39, 0.29) is 16.9 Å². The Hall–Kier alpha value is -3.39. The fourth-order valence-electron chi connectivity index (χ4n) is 3.28. The number of aryl methyl sites for hydroxylation is 1. The van der Waals surface area contributed by atoms with Gasteiger partial charge in [-0.1, -0.05) is 0 Å². The van der Waals surface area contributed by atoms with Crippen molar-refractivity contribution in [1.29, 1.82) is 5.26 Å². The Morgan fingerprint density at radius 3 is 2.58 bits per heavy atom. The summed E-state index contributed by atoms with van der Waals surface area (Å²) in [7, 11) is -4.39. The summed E-state index contributed by atoms with van der Waals surface area (Å²) in [4.78, 5) is 20.5. The molecule has 1 aromatic heterocycles. The van der Waals surface area contributed by atoms with Crippen molar-refractivity contribution in [3.05, 3.63) is 58.7 Å². The molecule has 2 heterocycles. The number of amidine groups is 1. The van der Waals surface area contributed by atoms with Crippen molar-refractivity contribution in [3.8, 4) is 6.07 Å². The van der Waals surface area contributed by atoms with Crippen LogP contribution in [0.2, 0.25) is 0 Å². The number of amides is 1. The monoisotopic (exact) mass is 447 g/mol. The van der Waals surface area contributed by atoms with Gasteiger partial charge in [0.2, 0.25) is 0 Å². The Kier molecular flexibility index (Phi) is 5.31. The highest BCUT2D eigenvalue weighted by atomic mass is 32.2. The molecule has 0 fully saturated rings. The van der Waals surface area contributed by atoms with Gasteiger partial charge in [-0.25, -0.2) is 22.2 Å². The van der Waals surface area contributed by atoms with E-state index in [1.54, 1.807) is 6.92 Å². The summed E-state index contributed by atoms with van der Waals surface area (Å²) in [6.07, 6.45) is 1.25. The minimum Gasteiger partial charge on any atom is -0.384 e. The molecule has 3 N–H and O–H groups in total. The SMILES string of the molecule is Cc1cc(C#N)cnc1C(=O)Nc1ccc(F)c([C@]2(C)CS(=O)(=O)[C@@](C)(F)C(N)=N2)c1. The first-order valence-electron chi connectivity index (χ1n) is 9.06. The number of pyridine rings is 1. The Balaban J connectivity index is 1.99. The summed E-state index contributed by atoms with van der Waals surface area (Å²) in [5.41, 5.74) is 4.66. The third kappa shape index (κ3) is 3.86. The molecule has 0 radical (unpaired) electrons. The number of nitrogens with two attached hydrogens (primary N) is 1. The zero-order valence-corrected chi connectivity index (χ0v) is 17.7. The number of nitrogens with one attached hydrogen (secondary N) is 1. The number of halogens is 2. The van der Waals surface area contributed by atoms with Gasteiger partial charge in [0, 0.05) is 17.4 Å². The van der Waals surface area contributed by atoms with Crippen molar-refractivity contribution in [1.82, 2.24) is 4.98 Å². The number of rotatable bonds is 3. The van der Waals surface area contributed by atoms with Gasteiger partial charge in [0.05, 0.1) is 11.3 Å². The highest BCUT2D eigenvalue weighted by Crippen LogP contribution is 2.39. The van der Waals surface area contributed by atoms with Crippen molar-refractivity contribution in [2.24, 2.45) is 10.7 Å². The lowest BCUT2D eigenvalue weighted by molar-refractivity contribution is 0.102. The van der Waals surface area contributed by atoms with Crippen LogP contribution in [0.25, 0.3) is 0 Å². The van der Waals surface area contributed by atoms with E-state index >= 15 is 0 Å². The number of sulfone groups is 1. The maximum Gasteiger partial charge on any atom is 0.274 e. The van der Waals surface area contributed by atoms with Gasteiger partial charge in [0.1, 0.15) is 29.0 Å². The predicted octanol–water partition coefficient (Wildman–Crippen LogP) is 2.34. The first kappa shape index (κ1) is 22.3. The molecule has 0 aliphatic carbocycles. The molecule has 2 aromatic rings. The molecule has 0 bridgehead atoms. The average molecular weight is 447 g/mol. The van der Waals surface area contributed by atoms with Gasteiger partial charge >= 0.3 is 0 Å². The normalized spacial score (nSPS) is 24.7. The van der Waals surface area contributed by atoms with Crippen LogP contribution in [0, 0.1) is 24.1 Å². The van der Waals surface area contributed by atoms with Gasteiger partial charge < -0.3 is 11.1 Å². The number of hydrogen-bond acceptors (Lipinski definition) is 7. The molecule has 31 heavy (non-hydrogen) atoms. The second kappa shape index (κ2) is 7.39. The number of hydrogen-bond donors (Lipinski definition) is 2. The van der Waals surface area contributed by atoms with E-state index in [4.69, 9.17) is 11.0 Å². The van der Waals surface area contributed by atoms with Gasteiger partial charge in [-0.2, -0.15) is 5.26 Å². The van der Waals surface area contributed by atoms with Crippen LogP contribution in [-0.2, 0) is 15.4 Å². The molecular formula is C20H19F2N5O3S. The topological polar surface area (TPSA) is 138 Å².